The van der Waals surface area contributed by atoms with Crippen LogP contribution in [0.5, 0.6) is 0 Å². The molecule has 0 aromatic heterocycles. The first-order valence-corrected chi connectivity index (χ1v) is 6.17. The standard InChI is InChI=1S/C11H11BrN4O4/c1-7(2)9(12)6-13-14-10-4-3-8(15(17)18)5-11(10)16(19)20/h3-6,14H,1-2H3. The van der Waals surface area contributed by atoms with Crippen molar-refractivity contribution in [1.29, 1.82) is 0 Å². The number of nitrogens with one attached hydrogen (secondary N) is 1. The van der Waals surface area contributed by atoms with Crippen molar-refractivity contribution in [2.75, 3.05) is 5.43 Å². The van der Waals surface area contributed by atoms with Crippen LogP contribution in [0.4, 0.5) is 17.1 Å². The van der Waals surface area contributed by atoms with Gasteiger partial charge in [-0.2, -0.15) is 5.10 Å². The van der Waals surface area contributed by atoms with Crippen LogP contribution in [0.3, 0.4) is 0 Å². The number of hydrogen-bond donors (Lipinski definition) is 1. The predicted octanol–water partition coefficient (Wildman–Crippen LogP) is 3.59. The summed E-state index contributed by atoms with van der Waals surface area (Å²) in [5.41, 5.74) is 2.78. The maximum absolute atomic E-state index is 10.9. The molecule has 1 aromatic carbocycles. The number of non-ortho nitro benzene ring substituents is 1. The van der Waals surface area contributed by atoms with Crippen molar-refractivity contribution in [3.8, 4) is 0 Å². The molecule has 1 aromatic rings. The first-order valence-electron chi connectivity index (χ1n) is 5.38. The van der Waals surface area contributed by atoms with E-state index < -0.39 is 15.5 Å². The lowest BCUT2D eigenvalue weighted by Gasteiger charge is -2.02. The van der Waals surface area contributed by atoms with Crippen molar-refractivity contribution in [1.82, 2.24) is 0 Å². The van der Waals surface area contributed by atoms with E-state index in [0.29, 0.717) is 0 Å². The first-order chi connectivity index (χ1) is 9.32. The van der Waals surface area contributed by atoms with Crippen LogP contribution in [-0.2, 0) is 0 Å². The number of anilines is 1. The van der Waals surface area contributed by atoms with Gasteiger partial charge < -0.3 is 0 Å². The molecule has 0 amide bonds. The number of hydrogen-bond acceptors (Lipinski definition) is 6. The second-order valence-corrected chi connectivity index (χ2v) is 4.79. The molecule has 20 heavy (non-hydrogen) atoms. The van der Waals surface area contributed by atoms with Gasteiger partial charge in [0, 0.05) is 10.5 Å². The molecular formula is C11H11BrN4O4. The van der Waals surface area contributed by atoms with Gasteiger partial charge in [-0.05, 0) is 35.8 Å². The van der Waals surface area contributed by atoms with E-state index in [1.807, 2.05) is 13.8 Å². The number of nitrogens with zero attached hydrogens (tertiary/aromatic N) is 3. The highest BCUT2D eigenvalue weighted by Gasteiger charge is 2.18. The third kappa shape index (κ3) is 4.12. The lowest BCUT2D eigenvalue weighted by molar-refractivity contribution is -0.393. The van der Waals surface area contributed by atoms with Crippen LogP contribution in [0.1, 0.15) is 13.8 Å². The number of rotatable bonds is 5. The van der Waals surface area contributed by atoms with Gasteiger partial charge in [-0.15, -0.1) is 0 Å². The number of nitro benzene ring substituents is 2. The summed E-state index contributed by atoms with van der Waals surface area (Å²) in [6.07, 6.45) is 1.44. The molecule has 0 aliphatic carbocycles. The number of allylic oxidation sites excluding steroid dienone is 2. The summed E-state index contributed by atoms with van der Waals surface area (Å²) < 4.78 is 0.731. The van der Waals surface area contributed by atoms with Crippen molar-refractivity contribution < 1.29 is 9.85 Å². The van der Waals surface area contributed by atoms with Crippen LogP contribution in [0.25, 0.3) is 0 Å². The molecule has 1 N–H and O–H groups in total. The number of nitro groups is 2. The second kappa shape index (κ2) is 6.75. The van der Waals surface area contributed by atoms with Crippen LogP contribution in [0, 0.1) is 20.2 Å². The molecule has 0 unspecified atom stereocenters. The number of hydrazone groups is 1. The summed E-state index contributed by atoms with van der Waals surface area (Å²) in [5, 5.41) is 25.3. The zero-order chi connectivity index (χ0) is 15.3. The lowest BCUT2D eigenvalue weighted by Crippen LogP contribution is -1.98. The maximum atomic E-state index is 10.9. The Balaban J connectivity index is 3.04. The first kappa shape index (κ1) is 15.8. The van der Waals surface area contributed by atoms with E-state index in [2.05, 4.69) is 26.5 Å². The monoisotopic (exact) mass is 342 g/mol. The van der Waals surface area contributed by atoms with E-state index in [0.717, 1.165) is 16.1 Å². The summed E-state index contributed by atoms with van der Waals surface area (Å²) in [5.74, 6) is 0. The van der Waals surface area contributed by atoms with Gasteiger partial charge in [0.1, 0.15) is 5.69 Å². The molecule has 9 heteroatoms. The van der Waals surface area contributed by atoms with Gasteiger partial charge >= 0.3 is 5.69 Å². The Morgan fingerprint density at radius 1 is 1.30 bits per heavy atom. The zero-order valence-electron chi connectivity index (χ0n) is 10.7. The van der Waals surface area contributed by atoms with E-state index in [9.17, 15) is 20.2 Å². The fourth-order valence-electron chi connectivity index (χ4n) is 1.17. The fraction of sp³-hybridized carbons (Fsp3) is 0.182. The fourth-order valence-corrected chi connectivity index (χ4v) is 1.27. The van der Waals surface area contributed by atoms with Gasteiger partial charge in [0.25, 0.3) is 5.69 Å². The van der Waals surface area contributed by atoms with E-state index >= 15 is 0 Å². The van der Waals surface area contributed by atoms with Crippen molar-refractivity contribution >= 4 is 39.2 Å². The minimum absolute atomic E-state index is 0.0749. The Kier molecular flexibility index (Phi) is 5.32. The molecule has 0 saturated carbocycles. The van der Waals surface area contributed by atoms with Gasteiger partial charge in [0.15, 0.2) is 0 Å². The molecule has 0 bridgehead atoms. The molecule has 0 atom stereocenters. The summed E-state index contributed by atoms with van der Waals surface area (Å²) >= 11 is 3.26. The summed E-state index contributed by atoms with van der Waals surface area (Å²) in [6.45, 7) is 3.73. The molecule has 8 nitrogen and oxygen atoms in total. The van der Waals surface area contributed by atoms with E-state index in [1.165, 1.54) is 18.3 Å². The quantitative estimate of drug-likeness (QED) is 0.499. The van der Waals surface area contributed by atoms with Crippen LogP contribution < -0.4 is 5.43 Å². The van der Waals surface area contributed by atoms with Crippen molar-refractivity contribution in [3.63, 3.8) is 0 Å². The average molecular weight is 343 g/mol. The average Bonchev–Trinajstić information content (AvgIpc) is 2.38. The third-order valence-corrected chi connectivity index (χ3v) is 3.23. The Hall–Kier alpha value is -2.29. The van der Waals surface area contributed by atoms with E-state index in [-0.39, 0.29) is 11.4 Å². The van der Waals surface area contributed by atoms with Gasteiger partial charge in [-0.1, -0.05) is 5.57 Å². The van der Waals surface area contributed by atoms with Crippen LogP contribution in [-0.4, -0.2) is 16.1 Å². The topological polar surface area (TPSA) is 111 Å². The summed E-state index contributed by atoms with van der Waals surface area (Å²) in [4.78, 5) is 20.1. The van der Waals surface area contributed by atoms with E-state index in [1.54, 1.807) is 0 Å². The minimum Gasteiger partial charge on any atom is -0.272 e. The SMILES string of the molecule is CC(C)=C(Br)C=NNc1ccc([N+](=O)[O-])cc1[N+](=O)[O-]. The Morgan fingerprint density at radius 2 is 1.95 bits per heavy atom. The highest BCUT2D eigenvalue weighted by Crippen LogP contribution is 2.28. The van der Waals surface area contributed by atoms with Crippen molar-refractivity contribution in [3.05, 3.63) is 48.5 Å². The Labute approximate surface area is 122 Å². The molecule has 0 radical (unpaired) electrons. The molecule has 106 valence electrons. The van der Waals surface area contributed by atoms with Crippen LogP contribution >= 0.6 is 15.9 Å². The van der Waals surface area contributed by atoms with Crippen LogP contribution in [0.15, 0.2) is 33.4 Å². The molecule has 0 saturated heterocycles. The van der Waals surface area contributed by atoms with Gasteiger partial charge in [-0.25, -0.2) is 0 Å². The third-order valence-electron chi connectivity index (χ3n) is 2.23. The Bertz CT molecular complexity index is 608. The molecule has 0 heterocycles. The largest absolute Gasteiger partial charge is 0.301 e. The molecule has 0 aliphatic rings. The Morgan fingerprint density at radius 3 is 2.45 bits per heavy atom. The maximum Gasteiger partial charge on any atom is 0.301 e. The van der Waals surface area contributed by atoms with Gasteiger partial charge in [0.2, 0.25) is 0 Å². The van der Waals surface area contributed by atoms with Crippen molar-refractivity contribution in [2.24, 2.45) is 5.10 Å². The molecule has 0 fully saturated rings. The zero-order valence-corrected chi connectivity index (χ0v) is 12.2. The number of halogens is 1. The van der Waals surface area contributed by atoms with E-state index in [4.69, 9.17) is 0 Å². The normalized spacial score (nSPS) is 10.3. The molecule has 0 aliphatic heterocycles. The molecule has 1 rings (SSSR count). The molecule has 0 spiro atoms. The highest BCUT2D eigenvalue weighted by molar-refractivity contribution is 9.12. The highest BCUT2D eigenvalue weighted by atomic mass is 79.9. The number of benzene rings is 1. The van der Waals surface area contributed by atoms with Crippen molar-refractivity contribution in [2.45, 2.75) is 13.8 Å². The second-order valence-electron chi connectivity index (χ2n) is 3.93. The summed E-state index contributed by atoms with van der Waals surface area (Å²) in [6, 6.07) is 3.29. The molecular weight excluding hydrogens is 332 g/mol. The predicted molar refractivity (Wildman–Crippen MR) is 79.2 cm³/mol. The minimum atomic E-state index is -0.708. The van der Waals surface area contributed by atoms with Crippen LogP contribution in [0.2, 0.25) is 0 Å². The lowest BCUT2D eigenvalue weighted by atomic mass is 10.2. The smallest absolute Gasteiger partial charge is 0.272 e. The van der Waals surface area contributed by atoms with Gasteiger partial charge in [0.05, 0.1) is 22.1 Å². The summed E-state index contributed by atoms with van der Waals surface area (Å²) in [7, 11) is 0. The van der Waals surface area contributed by atoms with Gasteiger partial charge in [-0.3, -0.25) is 25.7 Å².